The van der Waals surface area contributed by atoms with E-state index < -0.39 is 0 Å². The summed E-state index contributed by atoms with van der Waals surface area (Å²) in [5.41, 5.74) is 2.88. The fourth-order valence-corrected chi connectivity index (χ4v) is 3.36. The zero-order chi connectivity index (χ0) is 20.2. The van der Waals surface area contributed by atoms with Gasteiger partial charge < -0.3 is 15.1 Å². The minimum absolute atomic E-state index is 0. The molecule has 10 heteroatoms. The molecule has 3 heterocycles. The van der Waals surface area contributed by atoms with Gasteiger partial charge in [-0.2, -0.15) is 10.2 Å². The van der Waals surface area contributed by atoms with Crippen molar-refractivity contribution >= 4 is 41.5 Å². The summed E-state index contributed by atoms with van der Waals surface area (Å²) in [5, 5.41) is 11.9. The molecule has 0 aliphatic carbocycles. The Morgan fingerprint density at radius 3 is 2.57 bits per heavy atom. The lowest BCUT2D eigenvalue weighted by molar-refractivity contribution is -0.120. The summed E-state index contributed by atoms with van der Waals surface area (Å²) >= 11 is 0. The Morgan fingerprint density at radius 2 is 1.90 bits per heavy atom. The first-order valence-corrected chi connectivity index (χ1v) is 9.47. The molecule has 0 unspecified atom stereocenters. The van der Waals surface area contributed by atoms with Crippen molar-refractivity contribution in [1.29, 1.82) is 0 Å². The number of halogens is 1. The predicted molar refractivity (Wildman–Crippen MR) is 126 cm³/mol. The highest BCUT2D eigenvalue weighted by atomic mass is 127. The second kappa shape index (κ2) is 9.74. The van der Waals surface area contributed by atoms with E-state index in [9.17, 15) is 4.79 Å². The van der Waals surface area contributed by atoms with Crippen LogP contribution in [0, 0.1) is 0 Å². The summed E-state index contributed by atoms with van der Waals surface area (Å²) in [6, 6.07) is 9.97. The number of carbonyl (C=O) groups is 1. The molecule has 2 aromatic heterocycles. The maximum absolute atomic E-state index is 12.6. The Labute approximate surface area is 192 Å². The van der Waals surface area contributed by atoms with Gasteiger partial charge in [0.25, 0.3) is 0 Å². The van der Waals surface area contributed by atoms with E-state index in [-0.39, 0.29) is 36.4 Å². The first-order chi connectivity index (χ1) is 14.1. The number of rotatable bonds is 4. The van der Waals surface area contributed by atoms with Gasteiger partial charge in [-0.05, 0) is 12.1 Å². The molecule has 30 heavy (non-hydrogen) atoms. The maximum atomic E-state index is 12.6. The van der Waals surface area contributed by atoms with Crippen LogP contribution < -0.4 is 10.2 Å². The molecule has 0 saturated carbocycles. The van der Waals surface area contributed by atoms with Crippen LogP contribution in [0.15, 0.2) is 60.1 Å². The van der Waals surface area contributed by atoms with Crippen molar-refractivity contribution in [2.24, 2.45) is 12.0 Å². The van der Waals surface area contributed by atoms with Crippen LogP contribution in [0.25, 0.3) is 5.69 Å². The Bertz CT molecular complexity index is 1010. The Morgan fingerprint density at radius 1 is 1.10 bits per heavy atom. The van der Waals surface area contributed by atoms with E-state index in [1.165, 1.54) is 0 Å². The lowest BCUT2D eigenvalue weighted by atomic mass is 10.3. The fraction of sp³-hybridized carbons (Fsp3) is 0.300. The summed E-state index contributed by atoms with van der Waals surface area (Å²) < 4.78 is 3.54. The number of para-hydroxylation sites is 1. The molecular weight excluding hydrogens is 495 g/mol. The van der Waals surface area contributed by atoms with Crippen LogP contribution in [0.5, 0.6) is 0 Å². The summed E-state index contributed by atoms with van der Waals surface area (Å²) in [6.45, 7) is 2.15. The molecule has 9 nitrogen and oxygen atoms in total. The molecule has 1 N–H and O–H groups in total. The standard InChI is InChI=1S/C20H24N8O.HI/c1-21-20(22-10-16-11-24-28(13-16)17-6-4-3-5-7-17)26-8-9-27(19(29)15-26)18-12-23-25(2)14-18;/h3-7,11-14H,8-10,15H2,1-2H3,(H,21,22);1H. The van der Waals surface area contributed by atoms with E-state index in [0.717, 1.165) is 16.9 Å². The smallest absolute Gasteiger partial charge is 0.246 e. The summed E-state index contributed by atoms with van der Waals surface area (Å²) in [7, 11) is 3.57. The van der Waals surface area contributed by atoms with Crippen LogP contribution in [0.4, 0.5) is 5.69 Å². The number of aliphatic imine (C=N–C) groups is 1. The third kappa shape index (κ3) is 4.81. The van der Waals surface area contributed by atoms with Crippen molar-refractivity contribution in [2.45, 2.75) is 6.54 Å². The van der Waals surface area contributed by atoms with Crippen LogP contribution >= 0.6 is 24.0 Å². The van der Waals surface area contributed by atoms with Gasteiger partial charge in [-0.25, -0.2) is 4.68 Å². The van der Waals surface area contributed by atoms with Gasteiger partial charge in [0, 0.05) is 51.7 Å². The zero-order valence-electron chi connectivity index (χ0n) is 17.0. The molecular formula is C20H25IN8O. The number of guanidine groups is 1. The van der Waals surface area contributed by atoms with Crippen molar-refractivity contribution < 1.29 is 4.79 Å². The maximum Gasteiger partial charge on any atom is 0.246 e. The van der Waals surface area contributed by atoms with E-state index in [2.05, 4.69) is 20.5 Å². The van der Waals surface area contributed by atoms with E-state index in [0.29, 0.717) is 25.6 Å². The number of piperazine rings is 1. The van der Waals surface area contributed by atoms with Crippen LogP contribution in [0.1, 0.15) is 5.56 Å². The molecule has 0 atom stereocenters. The van der Waals surface area contributed by atoms with Gasteiger partial charge in [-0.1, -0.05) is 18.2 Å². The Hall–Kier alpha value is -2.89. The van der Waals surface area contributed by atoms with Gasteiger partial charge >= 0.3 is 0 Å². The number of aromatic nitrogens is 4. The van der Waals surface area contributed by atoms with Gasteiger partial charge in [-0.15, -0.1) is 24.0 Å². The summed E-state index contributed by atoms with van der Waals surface area (Å²) in [4.78, 5) is 20.7. The fourth-order valence-electron chi connectivity index (χ4n) is 3.36. The number of amides is 1. The largest absolute Gasteiger partial charge is 0.352 e. The molecule has 0 spiro atoms. The van der Waals surface area contributed by atoms with Gasteiger partial charge in [-0.3, -0.25) is 14.5 Å². The van der Waals surface area contributed by atoms with Gasteiger partial charge in [0.05, 0.1) is 23.8 Å². The Balaban J connectivity index is 0.00000256. The van der Waals surface area contributed by atoms with Crippen LogP contribution in [-0.4, -0.2) is 63.0 Å². The quantitative estimate of drug-likeness (QED) is 0.322. The minimum atomic E-state index is 0. The second-order valence-corrected chi connectivity index (χ2v) is 6.87. The predicted octanol–water partition coefficient (Wildman–Crippen LogP) is 1.65. The number of hydrogen-bond donors (Lipinski definition) is 1. The molecule has 1 fully saturated rings. The number of anilines is 1. The van der Waals surface area contributed by atoms with Crippen molar-refractivity contribution in [3.63, 3.8) is 0 Å². The average Bonchev–Trinajstić information content (AvgIpc) is 3.38. The number of carbonyl (C=O) groups excluding carboxylic acids is 1. The summed E-state index contributed by atoms with van der Waals surface area (Å²) in [6.07, 6.45) is 7.38. The molecule has 4 rings (SSSR count). The molecule has 1 amide bonds. The highest BCUT2D eigenvalue weighted by Gasteiger charge is 2.27. The molecule has 158 valence electrons. The third-order valence-electron chi connectivity index (χ3n) is 4.84. The number of aryl methyl sites for hydroxylation is 1. The van der Waals surface area contributed by atoms with E-state index in [4.69, 9.17) is 0 Å². The van der Waals surface area contributed by atoms with Gasteiger partial charge in [0.2, 0.25) is 5.91 Å². The van der Waals surface area contributed by atoms with Crippen molar-refractivity contribution in [3.05, 3.63) is 60.7 Å². The molecule has 3 aromatic rings. The van der Waals surface area contributed by atoms with Crippen molar-refractivity contribution in [2.75, 3.05) is 31.6 Å². The SMILES string of the molecule is CN=C(NCc1cnn(-c2ccccc2)c1)N1CCN(c2cnn(C)c2)C(=O)C1.I. The minimum Gasteiger partial charge on any atom is -0.352 e. The molecule has 0 bridgehead atoms. The molecule has 1 aliphatic rings. The highest BCUT2D eigenvalue weighted by molar-refractivity contribution is 14.0. The lowest BCUT2D eigenvalue weighted by Gasteiger charge is -2.35. The van der Waals surface area contributed by atoms with Gasteiger partial charge in [0.15, 0.2) is 5.96 Å². The highest BCUT2D eigenvalue weighted by Crippen LogP contribution is 2.16. The van der Waals surface area contributed by atoms with E-state index in [1.54, 1.807) is 22.8 Å². The van der Waals surface area contributed by atoms with Crippen LogP contribution in [-0.2, 0) is 18.4 Å². The number of benzene rings is 1. The first kappa shape index (κ1) is 21.8. The lowest BCUT2D eigenvalue weighted by Crippen LogP contribution is -2.55. The van der Waals surface area contributed by atoms with Gasteiger partial charge in [0.1, 0.15) is 6.54 Å². The van der Waals surface area contributed by atoms with Crippen LogP contribution in [0.3, 0.4) is 0 Å². The third-order valence-corrected chi connectivity index (χ3v) is 4.84. The van der Waals surface area contributed by atoms with E-state index >= 15 is 0 Å². The van der Waals surface area contributed by atoms with Crippen molar-refractivity contribution in [1.82, 2.24) is 29.8 Å². The topological polar surface area (TPSA) is 83.6 Å². The molecule has 0 radical (unpaired) electrons. The molecule has 1 aliphatic heterocycles. The monoisotopic (exact) mass is 520 g/mol. The van der Waals surface area contributed by atoms with Crippen LogP contribution in [0.2, 0.25) is 0 Å². The average molecular weight is 520 g/mol. The number of hydrogen-bond acceptors (Lipinski definition) is 4. The number of nitrogens with one attached hydrogen (secondary N) is 1. The zero-order valence-corrected chi connectivity index (χ0v) is 19.3. The molecule has 1 saturated heterocycles. The first-order valence-electron chi connectivity index (χ1n) is 9.47. The summed E-state index contributed by atoms with van der Waals surface area (Å²) in [5.74, 6) is 0.737. The van der Waals surface area contributed by atoms with Crippen molar-refractivity contribution in [3.8, 4) is 5.69 Å². The number of nitrogens with zero attached hydrogens (tertiary/aromatic N) is 7. The normalized spacial score (nSPS) is 14.6. The molecule has 1 aromatic carbocycles. The second-order valence-electron chi connectivity index (χ2n) is 6.87. The van der Waals surface area contributed by atoms with E-state index in [1.807, 2.05) is 65.6 Å². The Kier molecular flexibility index (Phi) is 7.08.